The molecule has 0 rings (SSSR count). The number of aliphatic carboxylic acids is 3. The number of hydrogen-bond acceptors (Lipinski definition) is 6. The third-order valence-corrected chi connectivity index (χ3v) is 0.707. The van der Waals surface area contributed by atoms with Crippen LogP contribution in [-0.4, -0.2) is 39.9 Å². The fraction of sp³-hybridized carbons (Fsp3) is 0.625. The van der Waals surface area contributed by atoms with E-state index in [1.54, 1.807) is 0 Å². The molecule has 0 aromatic carbocycles. The van der Waals surface area contributed by atoms with Crippen LogP contribution in [0.4, 0.5) is 0 Å². The Morgan fingerprint density at radius 3 is 1.11 bits per heavy atom. The Labute approximate surface area is 123 Å². The molecule has 18 heavy (non-hydrogen) atoms. The third kappa shape index (κ3) is 2040. The summed E-state index contributed by atoms with van der Waals surface area (Å²) in [6, 6.07) is 0. The van der Waals surface area contributed by atoms with Crippen LogP contribution in [-0.2, 0) is 33.9 Å². The Hall–Kier alpha value is -0.772. The molecule has 0 heterocycles. The summed E-state index contributed by atoms with van der Waals surface area (Å²) in [6.07, 6.45) is 1.34. The molecule has 0 N–H and O–H groups in total. The van der Waals surface area contributed by atoms with Crippen molar-refractivity contribution < 1.29 is 49.2 Å². The van der Waals surface area contributed by atoms with Gasteiger partial charge in [-0.15, -0.1) is 0 Å². The maximum atomic E-state index is 8.89. The zero-order chi connectivity index (χ0) is 14.9. The van der Waals surface area contributed by atoms with Crippen LogP contribution in [0, 0.1) is 0 Å². The molecular formula is C8H18B3O6Ru. The van der Waals surface area contributed by atoms with Gasteiger partial charge in [0.25, 0.3) is 0 Å². The number of rotatable bonds is 2. The Balaban J connectivity index is -0.0000000412. The number of carbonyl (C=O) groups is 3. The molecule has 0 aromatic rings. The first kappa shape index (κ1) is 30.3. The molecule has 0 unspecified atom stereocenters. The van der Waals surface area contributed by atoms with E-state index in [0.29, 0.717) is 0 Å². The van der Waals surface area contributed by atoms with Gasteiger partial charge in [0.15, 0.2) is 0 Å². The van der Waals surface area contributed by atoms with Crippen LogP contribution >= 0.6 is 0 Å². The Kier molecular flexibility index (Phi) is 50.3. The van der Waals surface area contributed by atoms with Gasteiger partial charge in [-0.2, -0.15) is 0 Å². The molecule has 0 aliphatic rings. The van der Waals surface area contributed by atoms with E-state index in [1.807, 2.05) is 0 Å². The van der Waals surface area contributed by atoms with Crippen molar-refractivity contribution in [1.82, 2.24) is 0 Å². The largest absolute Gasteiger partial charge is 3.00 e. The zero-order valence-corrected chi connectivity index (χ0v) is 13.2. The van der Waals surface area contributed by atoms with E-state index in [2.05, 4.69) is 14.7 Å². The van der Waals surface area contributed by atoms with Gasteiger partial charge in [0.2, 0.25) is 0 Å². The van der Waals surface area contributed by atoms with E-state index in [-0.39, 0.29) is 19.5 Å². The second kappa shape index (κ2) is 29.9. The molecule has 0 spiro atoms. The molecule has 103 valence electrons. The van der Waals surface area contributed by atoms with Crippen molar-refractivity contribution in [3.05, 3.63) is 0 Å². The molecule has 6 nitrogen and oxygen atoms in total. The van der Waals surface area contributed by atoms with Crippen LogP contribution in [0.15, 0.2) is 0 Å². The van der Waals surface area contributed by atoms with Gasteiger partial charge in [-0.05, 0) is 20.8 Å². The summed E-state index contributed by atoms with van der Waals surface area (Å²) >= 11 is 0. The minimum atomic E-state index is -1.08. The molecule has 0 atom stereocenters. The molecule has 0 aromatic heterocycles. The molecular weight excluding hydrogens is 326 g/mol. The van der Waals surface area contributed by atoms with Crippen LogP contribution in [0.2, 0.25) is 6.32 Å². The first-order valence-corrected chi connectivity index (χ1v) is 5.14. The van der Waals surface area contributed by atoms with E-state index in [9.17, 15) is 0 Å². The van der Waals surface area contributed by atoms with Crippen molar-refractivity contribution >= 4 is 39.9 Å². The van der Waals surface area contributed by atoms with Gasteiger partial charge in [0.05, 0.1) is 22.0 Å². The number of carboxylic acids is 3. The summed E-state index contributed by atoms with van der Waals surface area (Å²) in [5.41, 5.74) is 0. The van der Waals surface area contributed by atoms with Crippen molar-refractivity contribution in [2.45, 2.75) is 34.0 Å². The van der Waals surface area contributed by atoms with Crippen LogP contribution < -0.4 is 15.3 Å². The fourth-order valence-corrected chi connectivity index (χ4v) is 0.354. The molecule has 10 heteroatoms. The summed E-state index contributed by atoms with van der Waals surface area (Å²) in [5.74, 6) is -3.25. The topological polar surface area (TPSA) is 120 Å². The fourth-order valence-electron chi connectivity index (χ4n) is 0.354. The molecule has 0 aliphatic carbocycles. The minimum absolute atomic E-state index is 0. The maximum absolute atomic E-state index is 8.89. The Morgan fingerprint density at radius 2 is 1.11 bits per heavy atom. The van der Waals surface area contributed by atoms with Gasteiger partial charge in [-0.25, -0.2) is 0 Å². The smallest absolute Gasteiger partial charge is 0.550 e. The average molecular weight is 344 g/mol. The molecule has 0 saturated carbocycles. The summed E-state index contributed by atoms with van der Waals surface area (Å²) in [7, 11) is 4.94. The monoisotopic (exact) mass is 345 g/mol. The number of carboxylic acid groups (broad SMARTS) is 3. The van der Waals surface area contributed by atoms with Gasteiger partial charge in [0, 0.05) is 17.9 Å². The first-order chi connectivity index (χ1) is 7.61. The number of hydrogen-bond donors (Lipinski definition) is 0. The van der Waals surface area contributed by atoms with E-state index >= 15 is 0 Å². The van der Waals surface area contributed by atoms with Crippen molar-refractivity contribution in [3.8, 4) is 0 Å². The van der Waals surface area contributed by atoms with Crippen LogP contribution in [0.5, 0.6) is 0 Å². The summed E-state index contributed by atoms with van der Waals surface area (Å²) < 4.78 is 0. The first-order valence-electron chi connectivity index (χ1n) is 5.14. The van der Waals surface area contributed by atoms with E-state index in [1.165, 1.54) is 20.6 Å². The van der Waals surface area contributed by atoms with Crippen molar-refractivity contribution in [1.29, 1.82) is 0 Å². The number of carbonyl (C=O) groups excluding carboxylic acids is 3. The van der Waals surface area contributed by atoms with Crippen LogP contribution in [0.1, 0.15) is 27.7 Å². The molecule has 0 bridgehead atoms. The predicted molar refractivity (Wildman–Crippen MR) is 65.4 cm³/mol. The van der Waals surface area contributed by atoms with Gasteiger partial charge in [0.1, 0.15) is 0 Å². The summed E-state index contributed by atoms with van der Waals surface area (Å²) in [5, 5.41) is 26.7. The standard InChI is InChI=1S/C2H9B3.3C2H4O2.Ru/c1-2-4-5-3;3*1-2(3)4;/h4-5H,2-3H2,1H3;3*1H3,(H,3,4);/q;;;;+3/p-3. The summed E-state index contributed by atoms with van der Waals surface area (Å²) in [6.45, 7) is 5.13. The predicted octanol–water partition coefficient (Wildman–Crippen LogP) is -4.97. The maximum Gasteiger partial charge on any atom is 3.00 e. The van der Waals surface area contributed by atoms with Gasteiger partial charge >= 0.3 is 19.5 Å². The van der Waals surface area contributed by atoms with E-state index < -0.39 is 17.9 Å². The quantitative estimate of drug-likeness (QED) is 0.463. The van der Waals surface area contributed by atoms with Gasteiger partial charge in [-0.3, -0.25) is 0 Å². The zero-order valence-electron chi connectivity index (χ0n) is 11.4. The third-order valence-electron chi connectivity index (χ3n) is 0.707. The van der Waals surface area contributed by atoms with Crippen molar-refractivity contribution in [2.24, 2.45) is 0 Å². The average Bonchev–Trinajstić information content (AvgIpc) is 2.01. The van der Waals surface area contributed by atoms with Crippen LogP contribution in [0.3, 0.4) is 0 Å². The van der Waals surface area contributed by atoms with Crippen LogP contribution in [0.25, 0.3) is 0 Å². The van der Waals surface area contributed by atoms with E-state index in [4.69, 9.17) is 29.7 Å². The second-order valence-corrected chi connectivity index (χ2v) is 2.83. The molecule has 1 radical (unpaired) electrons. The molecule has 0 saturated heterocycles. The van der Waals surface area contributed by atoms with Gasteiger partial charge < -0.3 is 29.7 Å². The van der Waals surface area contributed by atoms with E-state index in [0.717, 1.165) is 20.8 Å². The molecule has 0 aliphatic heterocycles. The Bertz CT molecular complexity index is 161. The SMILES string of the molecule is BBBCC.CC(=O)[O-].CC(=O)[O-].CC(=O)[O-].[Ru+3]. The molecule has 0 amide bonds. The normalized spacial score (nSPS) is 6.00. The van der Waals surface area contributed by atoms with Gasteiger partial charge in [-0.1, -0.05) is 13.2 Å². The molecule has 0 fully saturated rings. The summed E-state index contributed by atoms with van der Waals surface area (Å²) in [4.78, 5) is 26.7. The second-order valence-electron chi connectivity index (χ2n) is 2.83. The Morgan fingerprint density at radius 1 is 0.944 bits per heavy atom. The van der Waals surface area contributed by atoms with Crippen molar-refractivity contribution in [3.63, 3.8) is 0 Å². The minimum Gasteiger partial charge on any atom is -0.550 e. The van der Waals surface area contributed by atoms with Crippen molar-refractivity contribution in [2.75, 3.05) is 0 Å².